The van der Waals surface area contributed by atoms with E-state index in [-0.39, 0.29) is 12.4 Å². The van der Waals surface area contributed by atoms with Gasteiger partial charge in [0.15, 0.2) is 0 Å². The maximum atomic E-state index is 12.6. The van der Waals surface area contributed by atoms with Gasteiger partial charge in [-0.25, -0.2) is 0 Å². The average Bonchev–Trinajstić information content (AvgIpc) is 2.45. The van der Waals surface area contributed by atoms with Crippen molar-refractivity contribution in [2.75, 3.05) is 6.61 Å². The second-order valence-electron chi connectivity index (χ2n) is 4.40. The minimum Gasteiger partial charge on any atom is -0.491 e. The Kier molecular flexibility index (Phi) is 4.75. The molecule has 2 rings (SSSR count). The molecule has 0 bridgehead atoms. The molecule has 0 aliphatic rings. The number of benzene rings is 2. The lowest BCUT2D eigenvalue weighted by molar-refractivity contribution is -0.137. The minimum atomic E-state index is -4.42. The summed E-state index contributed by atoms with van der Waals surface area (Å²) >= 11 is 5.73. The first kappa shape index (κ1) is 15.7. The first-order valence-corrected chi connectivity index (χ1v) is 6.47. The van der Waals surface area contributed by atoms with E-state index in [1.165, 1.54) is 12.1 Å². The molecule has 0 spiro atoms. The molecule has 2 aromatic carbocycles. The van der Waals surface area contributed by atoms with Crippen molar-refractivity contribution in [1.29, 1.82) is 0 Å². The molecule has 0 aliphatic heterocycles. The van der Waals surface area contributed by atoms with Gasteiger partial charge in [0.1, 0.15) is 18.5 Å². The maximum Gasteiger partial charge on any atom is 0.416 e. The number of alkyl halides is 3. The molecule has 1 unspecified atom stereocenters. The van der Waals surface area contributed by atoms with Crippen LogP contribution in [0.15, 0.2) is 48.5 Å². The molecule has 112 valence electrons. The maximum absolute atomic E-state index is 12.6. The van der Waals surface area contributed by atoms with E-state index in [4.69, 9.17) is 16.3 Å². The fraction of sp³-hybridized carbons (Fsp3) is 0.200. The van der Waals surface area contributed by atoms with Gasteiger partial charge in [-0.1, -0.05) is 29.8 Å². The van der Waals surface area contributed by atoms with E-state index in [1.54, 1.807) is 24.3 Å². The molecule has 1 N–H and O–H groups in total. The number of hydrogen-bond acceptors (Lipinski definition) is 2. The van der Waals surface area contributed by atoms with Gasteiger partial charge in [0.2, 0.25) is 0 Å². The zero-order valence-electron chi connectivity index (χ0n) is 10.8. The molecule has 0 saturated carbocycles. The fourth-order valence-corrected chi connectivity index (χ4v) is 1.84. The summed E-state index contributed by atoms with van der Waals surface area (Å²) in [6.07, 6.45) is -5.37. The van der Waals surface area contributed by atoms with Crippen molar-refractivity contribution < 1.29 is 23.0 Å². The molecule has 0 heterocycles. The van der Waals surface area contributed by atoms with Gasteiger partial charge >= 0.3 is 6.18 Å². The van der Waals surface area contributed by atoms with Gasteiger partial charge in [-0.3, -0.25) is 0 Å². The van der Waals surface area contributed by atoms with E-state index in [1.807, 2.05) is 0 Å². The summed E-state index contributed by atoms with van der Waals surface area (Å²) < 4.78 is 42.9. The lowest BCUT2D eigenvalue weighted by atomic mass is 10.1. The highest BCUT2D eigenvalue weighted by molar-refractivity contribution is 6.30. The number of rotatable bonds is 4. The SMILES string of the molecule is OC(COc1cccc(C(F)(F)F)c1)c1ccc(Cl)cc1. The molecule has 2 nitrogen and oxygen atoms in total. The van der Waals surface area contributed by atoms with Gasteiger partial charge < -0.3 is 9.84 Å². The van der Waals surface area contributed by atoms with Crippen molar-refractivity contribution in [3.8, 4) is 5.75 Å². The largest absolute Gasteiger partial charge is 0.491 e. The molecule has 21 heavy (non-hydrogen) atoms. The van der Waals surface area contributed by atoms with E-state index < -0.39 is 17.8 Å². The highest BCUT2D eigenvalue weighted by Gasteiger charge is 2.30. The summed E-state index contributed by atoms with van der Waals surface area (Å²) in [6.45, 7) is -0.150. The van der Waals surface area contributed by atoms with Crippen LogP contribution >= 0.6 is 11.6 Å². The molecular formula is C15H12ClF3O2. The van der Waals surface area contributed by atoms with Crippen LogP contribution in [0.5, 0.6) is 5.75 Å². The third kappa shape index (κ3) is 4.37. The van der Waals surface area contributed by atoms with Crippen molar-refractivity contribution >= 4 is 11.6 Å². The lowest BCUT2D eigenvalue weighted by Gasteiger charge is -2.14. The Morgan fingerprint density at radius 3 is 2.38 bits per heavy atom. The minimum absolute atomic E-state index is 0.0536. The summed E-state index contributed by atoms with van der Waals surface area (Å²) in [4.78, 5) is 0. The summed E-state index contributed by atoms with van der Waals surface area (Å²) in [5, 5.41) is 10.4. The Morgan fingerprint density at radius 1 is 1.10 bits per heavy atom. The topological polar surface area (TPSA) is 29.5 Å². The van der Waals surface area contributed by atoms with E-state index >= 15 is 0 Å². The predicted molar refractivity (Wildman–Crippen MR) is 73.4 cm³/mol. The summed E-state index contributed by atoms with van der Waals surface area (Å²) in [6, 6.07) is 11.0. The molecule has 2 aromatic rings. The zero-order chi connectivity index (χ0) is 15.5. The number of aliphatic hydroxyl groups is 1. The van der Waals surface area contributed by atoms with E-state index in [0.29, 0.717) is 10.6 Å². The van der Waals surface area contributed by atoms with Crippen LogP contribution in [0.2, 0.25) is 5.02 Å². The quantitative estimate of drug-likeness (QED) is 0.901. The predicted octanol–water partition coefficient (Wildman–Crippen LogP) is 4.47. The van der Waals surface area contributed by atoms with Crippen molar-refractivity contribution in [3.05, 3.63) is 64.7 Å². The van der Waals surface area contributed by atoms with Gasteiger partial charge in [0.05, 0.1) is 5.56 Å². The number of halogens is 4. The first-order chi connectivity index (χ1) is 9.86. The standard InChI is InChI=1S/C15H12ClF3O2/c16-12-6-4-10(5-7-12)14(20)9-21-13-3-1-2-11(8-13)15(17,18)19/h1-8,14,20H,9H2. The second kappa shape index (κ2) is 6.37. The summed E-state index contributed by atoms with van der Waals surface area (Å²) in [5.41, 5.74) is -0.215. The molecule has 0 aliphatic carbocycles. The Labute approximate surface area is 124 Å². The van der Waals surface area contributed by atoms with Gasteiger partial charge in [-0.15, -0.1) is 0 Å². The molecule has 0 radical (unpaired) electrons. The molecule has 0 fully saturated rings. The van der Waals surface area contributed by atoms with Crippen LogP contribution in [0.4, 0.5) is 13.2 Å². The highest BCUT2D eigenvalue weighted by Crippen LogP contribution is 2.31. The van der Waals surface area contributed by atoms with E-state index in [2.05, 4.69) is 0 Å². The lowest BCUT2D eigenvalue weighted by Crippen LogP contribution is -2.10. The van der Waals surface area contributed by atoms with Crippen LogP contribution in [0.3, 0.4) is 0 Å². The Hall–Kier alpha value is -1.72. The Morgan fingerprint density at radius 2 is 1.76 bits per heavy atom. The first-order valence-electron chi connectivity index (χ1n) is 6.10. The summed E-state index contributed by atoms with van der Waals surface area (Å²) in [5.74, 6) is 0.0536. The third-order valence-electron chi connectivity index (χ3n) is 2.82. The van der Waals surface area contributed by atoms with Crippen LogP contribution in [-0.2, 0) is 6.18 Å². The van der Waals surface area contributed by atoms with Crippen LogP contribution in [-0.4, -0.2) is 11.7 Å². The Bertz CT molecular complexity index is 597. The van der Waals surface area contributed by atoms with E-state index in [9.17, 15) is 18.3 Å². The van der Waals surface area contributed by atoms with Crippen molar-refractivity contribution in [2.45, 2.75) is 12.3 Å². The number of ether oxygens (including phenoxy) is 1. The van der Waals surface area contributed by atoms with Crippen LogP contribution in [0.1, 0.15) is 17.2 Å². The second-order valence-corrected chi connectivity index (χ2v) is 4.84. The van der Waals surface area contributed by atoms with Crippen LogP contribution < -0.4 is 4.74 Å². The molecule has 0 saturated heterocycles. The highest BCUT2D eigenvalue weighted by atomic mass is 35.5. The van der Waals surface area contributed by atoms with E-state index in [0.717, 1.165) is 12.1 Å². The van der Waals surface area contributed by atoms with Crippen LogP contribution in [0.25, 0.3) is 0 Å². The number of aliphatic hydroxyl groups excluding tert-OH is 1. The van der Waals surface area contributed by atoms with Crippen LogP contribution in [0, 0.1) is 0 Å². The van der Waals surface area contributed by atoms with Gasteiger partial charge in [0.25, 0.3) is 0 Å². The smallest absolute Gasteiger partial charge is 0.416 e. The molecule has 0 aromatic heterocycles. The Balaban J connectivity index is 2.01. The van der Waals surface area contributed by atoms with Crippen molar-refractivity contribution in [1.82, 2.24) is 0 Å². The molecule has 0 amide bonds. The van der Waals surface area contributed by atoms with Crippen molar-refractivity contribution in [2.24, 2.45) is 0 Å². The zero-order valence-corrected chi connectivity index (χ0v) is 11.5. The third-order valence-corrected chi connectivity index (χ3v) is 3.08. The normalized spacial score (nSPS) is 13.0. The average molecular weight is 317 g/mol. The molecule has 1 atom stereocenters. The number of hydrogen-bond donors (Lipinski definition) is 1. The van der Waals surface area contributed by atoms with Gasteiger partial charge in [0, 0.05) is 5.02 Å². The monoisotopic (exact) mass is 316 g/mol. The molecular weight excluding hydrogens is 305 g/mol. The van der Waals surface area contributed by atoms with Crippen molar-refractivity contribution in [3.63, 3.8) is 0 Å². The van der Waals surface area contributed by atoms with Gasteiger partial charge in [-0.05, 0) is 35.9 Å². The van der Waals surface area contributed by atoms with Gasteiger partial charge in [-0.2, -0.15) is 13.2 Å². The fourth-order valence-electron chi connectivity index (χ4n) is 1.72. The summed E-state index contributed by atoms with van der Waals surface area (Å²) in [7, 11) is 0. The molecule has 6 heteroatoms.